The second-order valence-electron chi connectivity index (χ2n) is 4.04. The summed E-state index contributed by atoms with van der Waals surface area (Å²) in [6, 6.07) is 12.2. The van der Waals surface area contributed by atoms with Crippen molar-refractivity contribution in [2.24, 2.45) is 0 Å². The summed E-state index contributed by atoms with van der Waals surface area (Å²) in [7, 11) is 0. The van der Waals surface area contributed by atoms with Crippen LogP contribution in [0.3, 0.4) is 0 Å². The van der Waals surface area contributed by atoms with E-state index in [-0.39, 0.29) is 5.91 Å². The number of anilines is 1. The van der Waals surface area contributed by atoms with Crippen LogP contribution >= 0.6 is 27.5 Å². The number of nitrogens with one attached hydrogen (secondary N) is 1. The third-order valence-corrected chi connectivity index (χ3v) is 3.53. The third-order valence-electron chi connectivity index (χ3n) is 2.60. The molecule has 1 amide bonds. The lowest BCUT2D eigenvalue weighted by molar-refractivity contribution is 0.102. The Morgan fingerprint density at radius 2 is 1.95 bits per heavy atom. The first kappa shape index (κ1) is 14.9. The van der Waals surface area contributed by atoms with Crippen molar-refractivity contribution >= 4 is 39.1 Å². The summed E-state index contributed by atoms with van der Waals surface area (Å²) in [5, 5.41) is 3.37. The maximum Gasteiger partial charge on any atom is 0.255 e. The fourth-order valence-corrected chi connectivity index (χ4v) is 2.17. The van der Waals surface area contributed by atoms with Gasteiger partial charge in [0.05, 0.1) is 12.3 Å². The molecule has 0 aliphatic carbocycles. The van der Waals surface area contributed by atoms with E-state index < -0.39 is 0 Å². The lowest BCUT2D eigenvalue weighted by Crippen LogP contribution is -2.12. The maximum absolute atomic E-state index is 12.1. The van der Waals surface area contributed by atoms with E-state index in [1.54, 1.807) is 42.5 Å². The van der Waals surface area contributed by atoms with Crippen molar-refractivity contribution in [3.8, 4) is 5.75 Å². The Morgan fingerprint density at radius 1 is 1.25 bits per heavy atom. The Balaban J connectivity index is 2.13. The summed E-state index contributed by atoms with van der Waals surface area (Å²) in [5.41, 5.74) is 1.19. The lowest BCUT2D eigenvalue weighted by Gasteiger charge is -2.08. The standard InChI is InChI=1S/C15H13BrClNO2/c1-2-20-12-6-3-10(4-7-12)15(19)18-14-9-11(17)5-8-13(14)16/h3-9H,2H2,1H3,(H,18,19). The molecule has 0 heterocycles. The highest BCUT2D eigenvalue weighted by Gasteiger charge is 2.09. The van der Waals surface area contributed by atoms with Crippen LogP contribution < -0.4 is 10.1 Å². The van der Waals surface area contributed by atoms with Crippen LogP contribution in [-0.2, 0) is 0 Å². The number of ether oxygens (including phenoxy) is 1. The molecule has 0 aliphatic heterocycles. The van der Waals surface area contributed by atoms with Gasteiger partial charge in [0.2, 0.25) is 0 Å². The molecule has 0 radical (unpaired) electrons. The SMILES string of the molecule is CCOc1ccc(C(=O)Nc2cc(Cl)ccc2Br)cc1. The van der Waals surface area contributed by atoms with Gasteiger partial charge in [-0.3, -0.25) is 4.79 Å². The van der Waals surface area contributed by atoms with Crippen LogP contribution in [0.4, 0.5) is 5.69 Å². The van der Waals surface area contributed by atoms with E-state index in [9.17, 15) is 4.79 Å². The van der Waals surface area contributed by atoms with Gasteiger partial charge >= 0.3 is 0 Å². The Morgan fingerprint density at radius 3 is 2.60 bits per heavy atom. The zero-order chi connectivity index (χ0) is 14.5. The summed E-state index contributed by atoms with van der Waals surface area (Å²) in [6.07, 6.45) is 0. The average Bonchev–Trinajstić information content (AvgIpc) is 2.44. The molecule has 0 atom stereocenters. The van der Waals surface area contributed by atoms with Crippen molar-refractivity contribution in [1.29, 1.82) is 0 Å². The van der Waals surface area contributed by atoms with Gasteiger partial charge < -0.3 is 10.1 Å². The molecule has 2 aromatic carbocycles. The van der Waals surface area contributed by atoms with Crippen molar-refractivity contribution in [2.75, 3.05) is 11.9 Å². The molecule has 3 nitrogen and oxygen atoms in total. The van der Waals surface area contributed by atoms with Crippen LogP contribution in [0, 0.1) is 0 Å². The number of hydrogen-bond acceptors (Lipinski definition) is 2. The molecule has 0 aromatic heterocycles. The molecular weight excluding hydrogens is 342 g/mol. The second-order valence-corrected chi connectivity index (χ2v) is 5.33. The number of rotatable bonds is 4. The molecule has 0 saturated carbocycles. The largest absolute Gasteiger partial charge is 0.494 e. The molecule has 0 aliphatic rings. The van der Waals surface area contributed by atoms with E-state index in [4.69, 9.17) is 16.3 Å². The van der Waals surface area contributed by atoms with E-state index in [2.05, 4.69) is 21.2 Å². The Hall–Kier alpha value is -1.52. The highest BCUT2D eigenvalue weighted by Crippen LogP contribution is 2.26. The summed E-state index contributed by atoms with van der Waals surface area (Å²) >= 11 is 9.28. The molecule has 5 heteroatoms. The van der Waals surface area contributed by atoms with Gasteiger partial charge in [-0.15, -0.1) is 0 Å². The molecule has 104 valence electrons. The number of carbonyl (C=O) groups is 1. The van der Waals surface area contributed by atoms with Crippen molar-refractivity contribution in [3.63, 3.8) is 0 Å². The van der Waals surface area contributed by atoms with Crippen LogP contribution in [-0.4, -0.2) is 12.5 Å². The van der Waals surface area contributed by atoms with Gasteiger partial charge in [-0.1, -0.05) is 11.6 Å². The van der Waals surface area contributed by atoms with Crippen LogP contribution in [0.1, 0.15) is 17.3 Å². The average molecular weight is 355 g/mol. The molecule has 0 fully saturated rings. The summed E-state index contributed by atoms with van der Waals surface area (Å²) in [6.45, 7) is 2.51. The zero-order valence-electron chi connectivity index (χ0n) is 10.8. The van der Waals surface area contributed by atoms with Gasteiger partial charge in [0.15, 0.2) is 0 Å². The van der Waals surface area contributed by atoms with E-state index in [0.29, 0.717) is 22.9 Å². The van der Waals surface area contributed by atoms with Gasteiger partial charge in [0.1, 0.15) is 5.75 Å². The van der Waals surface area contributed by atoms with E-state index in [0.717, 1.165) is 10.2 Å². The highest BCUT2D eigenvalue weighted by atomic mass is 79.9. The highest BCUT2D eigenvalue weighted by molar-refractivity contribution is 9.10. The van der Waals surface area contributed by atoms with Crippen LogP contribution in [0.2, 0.25) is 5.02 Å². The zero-order valence-corrected chi connectivity index (χ0v) is 13.2. The van der Waals surface area contributed by atoms with Crippen molar-refractivity contribution in [3.05, 3.63) is 57.5 Å². The predicted octanol–water partition coefficient (Wildman–Crippen LogP) is 4.75. The van der Waals surface area contributed by atoms with Crippen molar-refractivity contribution < 1.29 is 9.53 Å². The minimum Gasteiger partial charge on any atom is -0.494 e. The number of carbonyl (C=O) groups excluding carboxylic acids is 1. The first-order valence-electron chi connectivity index (χ1n) is 6.09. The molecule has 0 unspecified atom stereocenters. The lowest BCUT2D eigenvalue weighted by atomic mass is 10.2. The molecular formula is C15H13BrClNO2. The molecule has 20 heavy (non-hydrogen) atoms. The second kappa shape index (κ2) is 6.77. The monoisotopic (exact) mass is 353 g/mol. The van der Waals surface area contributed by atoms with Gasteiger partial charge in [-0.2, -0.15) is 0 Å². The van der Waals surface area contributed by atoms with Crippen LogP contribution in [0.15, 0.2) is 46.9 Å². The summed E-state index contributed by atoms with van der Waals surface area (Å²) in [5.74, 6) is 0.545. The fourth-order valence-electron chi connectivity index (χ4n) is 1.66. The predicted molar refractivity (Wildman–Crippen MR) is 84.7 cm³/mol. The first-order chi connectivity index (χ1) is 9.60. The molecule has 0 saturated heterocycles. The minimum absolute atomic E-state index is 0.198. The number of benzene rings is 2. The van der Waals surface area contributed by atoms with Crippen LogP contribution in [0.5, 0.6) is 5.75 Å². The Labute approximate surface area is 131 Å². The van der Waals surface area contributed by atoms with Crippen molar-refractivity contribution in [1.82, 2.24) is 0 Å². The normalized spacial score (nSPS) is 10.2. The fraction of sp³-hybridized carbons (Fsp3) is 0.133. The smallest absolute Gasteiger partial charge is 0.255 e. The van der Waals surface area contributed by atoms with Crippen molar-refractivity contribution in [2.45, 2.75) is 6.92 Å². The third kappa shape index (κ3) is 3.74. The van der Waals surface area contributed by atoms with E-state index in [1.165, 1.54) is 0 Å². The van der Waals surface area contributed by atoms with E-state index >= 15 is 0 Å². The number of halogens is 2. The summed E-state index contributed by atoms with van der Waals surface area (Å²) in [4.78, 5) is 12.1. The van der Waals surface area contributed by atoms with E-state index in [1.807, 2.05) is 6.92 Å². The molecule has 2 aromatic rings. The molecule has 2 rings (SSSR count). The topological polar surface area (TPSA) is 38.3 Å². The number of hydrogen-bond donors (Lipinski definition) is 1. The summed E-state index contributed by atoms with van der Waals surface area (Å²) < 4.78 is 6.12. The Bertz CT molecular complexity index is 614. The minimum atomic E-state index is -0.198. The molecule has 0 bridgehead atoms. The van der Waals surface area contributed by atoms with Gasteiger partial charge in [-0.25, -0.2) is 0 Å². The Kier molecular flexibility index (Phi) is 5.04. The first-order valence-corrected chi connectivity index (χ1v) is 7.26. The van der Waals surface area contributed by atoms with Gasteiger partial charge in [0, 0.05) is 15.1 Å². The molecule has 0 spiro atoms. The number of amides is 1. The molecule has 1 N–H and O–H groups in total. The van der Waals surface area contributed by atoms with Crippen LogP contribution in [0.25, 0.3) is 0 Å². The van der Waals surface area contributed by atoms with Gasteiger partial charge in [-0.05, 0) is 65.3 Å². The van der Waals surface area contributed by atoms with Gasteiger partial charge in [0.25, 0.3) is 5.91 Å². The quantitative estimate of drug-likeness (QED) is 0.860. The maximum atomic E-state index is 12.1.